The van der Waals surface area contributed by atoms with Crippen molar-refractivity contribution in [2.75, 3.05) is 32.8 Å². The van der Waals surface area contributed by atoms with Crippen molar-refractivity contribution >= 4 is 27.4 Å². The summed E-state index contributed by atoms with van der Waals surface area (Å²) in [6, 6.07) is 16.6. The molecule has 0 aliphatic carbocycles. The zero-order valence-electron chi connectivity index (χ0n) is 17.0. The number of aliphatic carboxylic acids is 1. The number of rotatable bonds is 10. The van der Waals surface area contributed by atoms with Crippen LogP contribution in [0.2, 0.25) is 0 Å². The van der Waals surface area contributed by atoms with E-state index in [0.29, 0.717) is 25.4 Å². The number of nitrogens with zero attached hydrogens (tertiary/aromatic N) is 1. The van der Waals surface area contributed by atoms with Gasteiger partial charge in [0.05, 0.1) is 6.61 Å². The molecule has 0 unspecified atom stereocenters. The predicted molar refractivity (Wildman–Crippen MR) is 121 cm³/mol. The fourth-order valence-corrected chi connectivity index (χ4v) is 4.77. The minimum atomic E-state index is -0.806. The van der Waals surface area contributed by atoms with Crippen molar-refractivity contribution in [1.82, 2.24) is 4.90 Å². The second kappa shape index (κ2) is 9.96. The lowest BCUT2D eigenvalue weighted by Gasteiger charge is -2.17. The van der Waals surface area contributed by atoms with Gasteiger partial charge in [-0.2, -0.15) is 0 Å². The number of hydrogen-bond donors (Lipinski definition) is 1. The van der Waals surface area contributed by atoms with E-state index in [1.165, 1.54) is 27.8 Å². The molecule has 6 heteroatoms. The highest BCUT2D eigenvalue weighted by atomic mass is 32.1. The number of carboxylic acid groups (broad SMARTS) is 1. The Labute approximate surface area is 180 Å². The topological polar surface area (TPSA) is 59.0 Å². The third kappa shape index (κ3) is 5.32. The van der Waals surface area contributed by atoms with Gasteiger partial charge in [-0.15, -0.1) is 11.3 Å². The first kappa shape index (κ1) is 20.7. The second-order valence-corrected chi connectivity index (χ2v) is 8.64. The van der Waals surface area contributed by atoms with E-state index in [0.717, 1.165) is 30.9 Å². The average molecular weight is 426 g/mol. The van der Waals surface area contributed by atoms with E-state index < -0.39 is 5.97 Å². The van der Waals surface area contributed by atoms with Crippen LogP contribution >= 0.6 is 11.3 Å². The Bertz CT molecular complexity index is 961. The summed E-state index contributed by atoms with van der Waals surface area (Å²) in [5.74, 6) is 0.589. The molecule has 1 N–H and O–H groups in total. The minimum absolute atomic E-state index is 0.0984. The summed E-state index contributed by atoms with van der Waals surface area (Å²) in [5, 5.41) is 10.1. The lowest BCUT2D eigenvalue weighted by Crippen LogP contribution is -2.25. The predicted octanol–water partition coefficient (Wildman–Crippen LogP) is 5.29. The number of carboxylic acids is 1. The van der Waals surface area contributed by atoms with Crippen LogP contribution in [0.15, 0.2) is 48.5 Å². The SMILES string of the molecule is O=C(O)CCCOc1cc(-c2cc3ccccc3s2)ccc1OCCN1CCCC1. The number of ether oxygens (including phenoxy) is 2. The molecule has 1 saturated heterocycles. The number of hydrogen-bond acceptors (Lipinski definition) is 5. The van der Waals surface area contributed by atoms with E-state index in [9.17, 15) is 4.79 Å². The summed E-state index contributed by atoms with van der Waals surface area (Å²) in [7, 11) is 0. The van der Waals surface area contributed by atoms with Crippen molar-refractivity contribution in [2.24, 2.45) is 0 Å². The second-order valence-electron chi connectivity index (χ2n) is 7.55. The minimum Gasteiger partial charge on any atom is -0.490 e. The standard InChI is InChI=1S/C24H27NO4S/c26-24(27)8-5-14-28-21-16-19(23-17-18-6-1-2-7-22(18)30-23)9-10-20(21)29-15-13-25-11-3-4-12-25/h1-2,6-7,9-10,16-17H,3-5,8,11-15H2,(H,26,27). The molecule has 0 radical (unpaired) electrons. The summed E-state index contributed by atoms with van der Waals surface area (Å²) in [6.07, 6.45) is 3.10. The van der Waals surface area contributed by atoms with Crippen molar-refractivity contribution in [3.8, 4) is 21.9 Å². The summed E-state index contributed by atoms with van der Waals surface area (Å²) in [6.45, 7) is 4.18. The van der Waals surface area contributed by atoms with Gasteiger partial charge in [0.2, 0.25) is 0 Å². The molecule has 30 heavy (non-hydrogen) atoms. The smallest absolute Gasteiger partial charge is 0.303 e. The van der Waals surface area contributed by atoms with Gasteiger partial charge in [-0.25, -0.2) is 0 Å². The molecule has 0 amide bonds. The normalized spacial score (nSPS) is 14.3. The number of carbonyl (C=O) groups is 1. The molecule has 0 saturated carbocycles. The van der Waals surface area contributed by atoms with Crippen molar-refractivity contribution in [3.05, 3.63) is 48.5 Å². The maximum Gasteiger partial charge on any atom is 0.303 e. The Kier molecular flexibility index (Phi) is 6.87. The fourth-order valence-electron chi connectivity index (χ4n) is 3.71. The highest BCUT2D eigenvalue weighted by Crippen LogP contribution is 2.38. The summed E-state index contributed by atoms with van der Waals surface area (Å²) in [5.41, 5.74) is 1.08. The molecule has 158 valence electrons. The van der Waals surface area contributed by atoms with Gasteiger partial charge in [-0.3, -0.25) is 9.69 Å². The molecule has 0 atom stereocenters. The van der Waals surface area contributed by atoms with Gasteiger partial charge >= 0.3 is 5.97 Å². The Morgan fingerprint density at radius 3 is 2.60 bits per heavy atom. The van der Waals surface area contributed by atoms with E-state index in [-0.39, 0.29) is 6.42 Å². The number of likely N-dealkylation sites (tertiary alicyclic amines) is 1. The van der Waals surface area contributed by atoms with Crippen LogP contribution in [-0.2, 0) is 4.79 Å². The summed E-state index contributed by atoms with van der Waals surface area (Å²) < 4.78 is 13.2. The maximum absolute atomic E-state index is 10.8. The largest absolute Gasteiger partial charge is 0.490 e. The molecule has 0 spiro atoms. The van der Waals surface area contributed by atoms with Crippen molar-refractivity contribution < 1.29 is 19.4 Å². The molecule has 1 aromatic heterocycles. The lowest BCUT2D eigenvalue weighted by molar-refractivity contribution is -0.137. The van der Waals surface area contributed by atoms with Gasteiger partial charge in [0.15, 0.2) is 11.5 Å². The number of benzene rings is 2. The summed E-state index contributed by atoms with van der Waals surface area (Å²) >= 11 is 1.75. The summed E-state index contributed by atoms with van der Waals surface area (Å²) in [4.78, 5) is 14.4. The monoisotopic (exact) mass is 425 g/mol. The van der Waals surface area contributed by atoms with Crippen LogP contribution in [-0.4, -0.2) is 48.8 Å². The van der Waals surface area contributed by atoms with Crippen LogP contribution in [0.3, 0.4) is 0 Å². The van der Waals surface area contributed by atoms with Crippen LogP contribution < -0.4 is 9.47 Å². The third-order valence-electron chi connectivity index (χ3n) is 5.31. The quantitative estimate of drug-likeness (QED) is 0.448. The van der Waals surface area contributed by atoms with Crippen molar-refractivity contribution in [1.29, 1.82) is 0 Å². The van der Waals surface area contributed by atoms with E-state index in [1.807, 2.05) is 18.2 Å². The van der Waals surface area contributed by atoms with Gasteiger partial charge in [0.25, 0.3) is 0 Å². The van der Waals surface area contributed by atoms with Crippen LogP contribution in [0, 0.1) is 0 Å². The maximum atomic E-state index is 10.8. The zero-order chi connectivity index (χ0) is 20.8. The average Bonchev–Trinajstić information content (AvgIpc) is 3.41. The lowest BCUT2D eigenvalue weighted by atomic mass is 10.1. The molecule has 0 bridgehead atoms. The van der Waals surface area contributed by atoms with E-state index in [2.05, 4.69) is 35.2 Å². The Hall–Kier alpha value is -2.57. The van der Waals surface area contributed by atoms with E-state index in [1.54, 1.807) is 11.3 Å². The number of fused-ring (bicyclic) bond motifs is 1. The molecular weight excluding hydrogens is 398 g/mol. The molecule has 3 aromatic rings. The molecule has 1 aliphatic rings. The Balaban J connectivity index is 1.49. The van der Waals surface area contributed by atoms with Gasteiger partial charge < -0.3 is 14.6 Å². The van der Waals surface area contributed by atoms with Gasteiger partial charge in [-0.05, 0) is 73.6 Å². The first-order valence-corrected chi connectivity index (χ1v) is 11.3. The molecule has 5 nitrogen and oxygen atoms in total. The first-order valence-electron chi connectivity index (χ1n) is 10.5. The first-order chi connectivity index (χ1) is 14.7. The van der Waals surface area contributed by atoms with Crippen LogP contribution in [0.5, 0.6) is 11.5 Å². The zero-order valence-corrected chi connectivity index (χ0v) is 17.8. The van der Waals surface area contributed by atoms with E-state index >= 15 is 0 Å². The van der Waals surface area contributed by atoms with Crippen molar-refractivity contribution in [3.63, 3.8) is 0 Å². The Morgan fingerprint density at radius 2 is 1.80 bits per heavy atom. The van der Waals surface area contributed by atoms with Gasteiger partial charge in [0, 0.05) is 22.5 Å². The third-order valence-corrected chi connectivity index (χ3v) is 6.48. The highest BCUT2D eigenvalue weighted by Gasteiger charge is 2.14. The van der Waals surface area contributed by atoms with Crippen LogP contribution in [0.4, 0.5) is 0 Å². The molecule has 1 fully saturated rings. The van der Waals surface area contributed by atoms with Crippen LogP contribution in [0.1, 0.15) is 25.7 Å². The van der Waals surface area contributed by atoms with Gasteiger partial charge in [-0.1, -0.05) is 18.2 Å². The molecule has 2 heterocycles. The molecule has 1 aliphatic heterocycles. The van der Waals surface area contributed by atoms with Gasteiger partial charge in [0.1, 0.15) is 6.61 Å². The highest BCUT2D eigenvalue weighted by molar-refractivity contribution is 7.22. The molecular formula is C24H27NO4S. The number of thiophene rings is 1. The molecule has 2 aromatic carbocycles. The fraction of sp³-hybridized carbons (Fsp3) is 0.375. The van der Waals surface area contributed by atoms with E-state index in [4.69, 9.17) is 14.6 Å². The van der Waals surface area contributed by atoms with Crippen LogP contribution in [0.25, 0.3) is 20.5 Å². The molecule has 4 rings (SSSR count). The van der Waals surface area contributed by atoms with Crippen molar-refractivity contribution in [2.45, 2.75) is 25.7 Å². The Morgan fingerprint density at radius 1 is 1.00 bits per heavy atom.